The van der Waals surface area contributed by atoms with Gasteiger partial charge >= 0.3 is 0 Å². The smallest absolute Gasteiger partial charge is 0.0175 e. The first-order chi connectivity index (χ1) is 8.65. The zero-order valence-electron chi connectivity index (χ0n) is 10.1. The lowest BCUT2D eigenvalue weighted by atomic mass is 10.00. The summed E-state index contributed by atoms with van der Waals surface area (Å²) in [4.78, 5) is 0. The molecule has 0 N–H and O–H groups in total. The van der Waals surface area contributed by atoms with Gasteiger partial charge in [0.1, 0.15) is 0 Å². The number of benzene rings is 2. The molecule has 0 aromatic heterocycles. The Morgan fingerprint density at radius 3 is 1.89 bits per heavy atom. The highest BCUT2D eigenvalue weighted by Crippen LogP contribution is 2.21. The highest BCUT2D eigenvalue weighted by molar-refractivity contribution is 9.10. The van der Waals surface area contributed by atoms with Crippen molar-refractivity contribution in [2.45, 2.75) is 12.8 Å². The largest absolute Gasteiger partial charge is 0.0767 e. The van der Waals surface area contributed by atoms with Gasteiger partial charge in [-0.15, -0.1) is 0 Å². The Bertz CT molecular complexity index is 524. The summed E-state index contributed by atoms with van der Waals surface area (Å²) in [6.07, 6.45) is 4.39. The maximum absolute atomic E-state index is 3.45. The van der Waals surface area contributed by atoms with E-state index in [-0.39, 0.29) is 0 Å². The normalized spacial score (nSPS) is 12.8. The van der Waals surface area contributed by atoms with Gasteiger partial charge in [0.25, 0.3) is 0 Å². The lowest BCUT2D eigenvalue weighted by Gasteiger charge is -2.06. The van der Waals surface area contributed by atoms with Crippen molar-refractivity contribution in [3.8, 4) is 0 Å². The molecule has 0 aliphatic carbocycles. The van der Waals surface area contributed by atoms with Gasteiger partial charge in [-0.05, 0) is 41.3 Å². The number of hydrogen-bond acceptors (Lipinski definition) is 0. The number of allylic oxidation sites excluding steroid dienone is 1. The highest BCUT2D eigenvalue weighted by atomic mass is 79.9. The van der Waals surface area contributed by atoms with E-state index in [2.05, 4.69) is 99.5 Å². The second-order valence-electron chi connectivity index (χ2n) is 4.25. The van der Waals surface area contributed by atoms with E-state index in [0.717, 1.165) is 8.95 Å². The molecule has 0 radical (unpaired) electrons. The Labute approximate surface area is 125 Å². The van der Waals surface area contributed by atoms with Crippen molar-refractivity contribution in [2.75, 3.05) is 0 Å². The molecule has 0 saturated carbocycles. The molecule has 2 aromatic rings. The lowest BCUT2D eigenvalue weighted by molar-refractivity contribution is 0.972. The molecule has 0 spiro atoms. The monoisotopic (exact) mass is 364 g/mol. The van der Waals surface area contributed by atoms with Crippen LogP contribution in [0.3, 0.4) is 0 Å². The van der Waals surface area contributed by atoms with E-state index in [0.29, 0.717) is 5.92 Å². The topological polar surface area (TPSA) is 0 Å². The molecule has 2 rings (SSSR count). The molecule has 92 valence electrons. The maximum Gasteiger partial charge on any atom is 0.0175 e. The number of halogens is 2. The fraction of sp³-hybridized carbons (Fsp3) is 0.125. The molecule has 0 nitrogen and oxygen atoms in total. The lowest BCUT2D eigenvalue weighted by Crippen LogP contribution is -1.88. The summed E-state index contributed by atoms with van der Waals surface area (Å²) in [6.45, 7) is 2.21. The van der Waals surface area contributed by atoms with Crippen LogP contribution in [0.2, 0.25) is 0 Å². The average Bonchev–Trinajstić information content (AvgIpc) is 2.38. The van der Waals surface area contributed by atoms with Gasteiger partial charge in [-0.25, -0.2) is 0 Å². The van der Waals surface area contributed by atoms with Gasteiger partial charge in [-0.2, -0.15) is 0 Å². The van der Waals surface area contributed by atoms with Gasteiger partial charge < -0.3 is 0 Å². The molecule has 1 atom stereocenters. The summed E-state index contributed by atoms with van der Waals surface area (Å²) in [5, 5.41) is 0. The van der Waals surface area contributed by atoms with Gasteiger partial charge in [0, 0.05) is 8.95 Å². The Morgan fingerprint density at radius 1 is 0.833 bits per heavy atom. The van der Waals surface area contributed by atoms with E-state index in [4.69, 9.17) is 0 Å². The first-order valence-electron chi connectivity index (χ1n) is 5.84. The molecule has 0 saturated heterocycles. The van der Waals surface area contributed by atoms with Crippen LogP contribution in [-0.2, 0) is 0 Å². The molecule has 0 unspecified atom stereocenters. The summed E-state index contributed by atoms with van der Waals surface area (Å²) < 4.78 is 2.23. The molecule has 18 heavy (non-hydrogen) atoms. The zero-order valence-corrected chi connectivity index (χ0v) is 13.3. The van der Waals surface area contributed by atoms with Crippen LogP contribution in [0.25, 0.3) is 6.08 Å². The first-order valence-corrected chi connectivity index (χ1v) is 7.43. The number of rotatable bonds is 3. The van der Waals surface area contributed by atoms with Gasteiger partial charge in [-0.3, -0.25) is 0 Å². The van der Waals surface area contributed by atoms with Gasteiger partial charge in [-0.1, -0.05) is 75.2 Å². The SMILES string of the molecule is C[C@@H](/C=C/c1ccc(Br)cc1)c1ccc(Br)cc1. The van der Waals surface area contributed by atoms with Crippen LogP contribution in [0.5, 0.6) is 0 Å². The summed E-state index contributed by atoms with van der Waals surface area (Å²) >= 11 is 6.89. The fourth-order valence-electron chi connectivity index (χ4n) is 1.71. The van der Waals surface area contributed by atoms with Crippen LogP contribution >= 0.6 is 31.9 Å². The van der Waals surface area contributed by atoms with Crippen LogP contribution < -0.4 is 0 Å². The third kappa shape index (κ3) is 3.82. The molecule has 0 bridgehead atoms. The Balaban J connectivity index is 2.08. The van der Waals surface area contributed by atoms with E-state index in [9.17, 15) is 0 Å². The molecule has 0 fully saturated rings. The van der Waals surface area contributed by atoms with E-state index in [1.165, 1.54) is 11.1 Å². The van der Waals surface area contributed by atoms with E-state index >= 15 is 0 Å². The van der Waals surface area contributed by atoms with E-state index in [1.807, 2.05) is 0 Å². The minimum atomic E-state index is 0.418. The molecule has 2 heteroatoms. The van der Waals surface area contributed by atoms with E-state index in [1.54, 1.807) is 0 Å². The third-order valence-electron chi connectivity index (χ3n) is 2.84. The molecule has 0 heterocycles. The van der Waals surface area contributed by atoms with Gasteiger partial charge in [0.2, 0.25) is 0 Å². The van der Waals surface area contributed by atoms with Gasteiger partial charge in [0.15, 0.2) is 0 Å². The zero-order chi connectivity index (χ0) is 13.0. The quantitative estimate of drug-likeness (QED) is 0.623. The molecular weight excluding hydrogens is 352 g/mol. The second kappa shape index (κ2) is 6.35. The Hall–Kier alpha value is -0.860. The van der Waals surface area contributed by atoms with Crippen molar-refractivity contribution in [3.63, 3.8) is 0 Å². The summed E-state index contributed by atoms with van der Waals surface area (Å²) in [6, 6.07) is 16.8. The molecule has 0 aliphatic heterocycles. The minimum absolute atomic E-state index is 0.418. The van der Waals surface area contributed by atoms with Crippen molar-refractivity contribution in [1.82, 2.24) is 0 Å². The van der Waals surface area contributed by atoms with Crippen LogP contribution in [0, 0.1) is 0 Å². The van der Waals surface area contributed by atoms with Crippen LogP contribution in [0.4, 0.5) is 0 Å². The van der Waals surface area contributed by atoms with Crippen molar-refractivity contribution in [1.29, 1.82) is 0 Å². The molecule has 0 aliphatic rings. The molecule has 0 amide bonds. The summed E-state index contributed by atoms with van der Waals surface area (Å²) in [7, 11) is 0. The van der Waals surface area contributed by atoms with Crippen molar-refractivity contribution in [3.05, 3.63) is 74.7 Å². The maximum atomic E-state index is 3.45. The fourth-order valence-corrected chi connectivity index (χ4v) is 2.24. The number of hydrogen-bond donors (Lipinski definition) is 0. The van der Waals surface area contributed by atoms with Crippen LogP contribution in [0.1, 0.15) is 24.0 Å². The van der Waals surface area contributed by atoms with Crippen molar-refractivity contribution in [2.24, 2.45) is 0 Å². The summed E-state index contributed by atoms with van der Waals surface area (Å²) in [5.74, 6) is 0.418. The van der Waals surface area contributed by atoms with Crippen LogP contribution in [-0.4, -0.2) is 0 Å². The molecular formula is C16H14Br2. The van der Waals surface area contributed by atoms with Crippen LogP contribution in [0.15, 0.2) is 63.6 Å². The highest BCUT2D eigenvalue weighted by Gasteiger charge is 2.00. The summed E-state index contributed by atoms with van der Waals surface area (Å²) in [5.41, 5.74) is 2.55. The molecule has 2 aromatic carbocycles. The van der Waals surface area contributed by atoms with Crippen molar-refractivity contribution >= 4 is 37.9 Å². The van der Waals surface area contributed by atoms with E-state index < -0.39 is 0 Å². The predicted octanol–water partition coefficient (Wildman–Crippen LogP) is 6.03. The van der Waals surface area contributed by atoms with Gasteiger partial charge in [0.05, 0.1) is 0 Å². The second-order valence-corrected chi connectivity index (χ2v) is 6.08. The standard InChI is InChI=1S/C16H14Br2/c1-12(14-6-10-16(18)11-7-14)2-3-13-4-8-15(17)9-5-13/h2-12H,1H3/b3-2+/t12-/m0/s1. The minimum Gasteiger partial charge on any atom is -0.0767 e. The Kier molecular flexibility index (Phi) is 4.79. The van der Waals surface area contributed by atoms with Crippen molar-refractivity contribution < 1.29 is 0 Å². The predicted molar refractivity (Wildman–Crippen MR) is 85.7 cm³/mol. The third-order valence-corrected chi connectivity index (χ3v) is 3.90. The first kappa shape index (κ1) is 13.6. The Morgan fingerprint density at radius 2 is 1.33 bits per heavy atom. The average molecular weight is 366 g/mol.